The molecule has 12 heteroatoms. The lowest BCUT2D eigenvalue weighted by atomic mass is 10.1. The number of fused-ring (bicyclic) bond motifs is 1. The van der Waals surface area contributed by atoms with E-state index < -0.39 is 33.6 Å². The van der Waals surface area contributed by atoms with Gasteiger partial charge in [0.25, 0.3) is 5.91 Å². The topological polar surface area (TPSA) is 112 Å². The number of rotatable bonds is 6. The minimum absolute atomic E-state index is 0.134. The van der Waals surface area contributed by atoms with Crippen LogP contribution in [0, 0.1) is 0 Å². The van der Waals surface area contributed by atoms with Crippen LogP contribution in [0.15, 0.2) is 41.5 Å². The highest BCUT2D eigenvalue weighted by Gasteiger charge is 2.45. The Morgan fingerprint density at radius 1 is 1.18 bits per heavy atom. The van der Waals surface area contributed by atoms with Gasteiger partial charge in [-0.05, 0) is 39.0 Å². The molecule has 1 fully saturated rings. The molecule has 4 rings (SSSR count). The Kier molecular flexibility index (Phi) is 5.51. The number of nitrogens with one attached hydrogen (secondary N) is 1. The summed E-state index contributed by atoms with van der Waals surface area (Å²) in [5.41, 5.74) is 0.101. The van der Waals surface area contributed by atoms with E-state index in [-0.39, 0.29) is 34.5 Å². The molecule has 2 aromatic heterocycles. The van der Waals surface area contributed by atoms with Gasteiger partial charge in [0.15, 0.2) is 9.84 Å². The lowest BCUT2D eigenvalue weighted by Crippen LogP contribution is -2.63. The van der Waals surface area contributed by atoms with E-state index in [0.717, 1.165) is 6.20 Å². The first-order valence-corrected chi connectivity index (χ1v) is 11.9. The van der Waals surface area contributed by atoms with Gasteiger partial charge in [-0.15, -0.1) is 0 Å². The van der Waals surface area contributed by atoms with Crippen LogP contribution >= 0.6 is 0 Å². The molecule has 0 spiro atoms. The van der Waals surface area contributed by atoms with Crippen molar-refractivity contribution in [3.05, 3.63) is 52.7 Å². The molecule has 0 unspecified atom stereocenters. The monoisotopic (exact) mass is 480 g/mol. The van der Waals surface area contributed by atoms with Gasteiger partial charge < -0.3 is 10.1 Å². The van der Waals surface area contributed by atoms with Crippen LogP contribution in [0.1, 0.15) is 37.2 Å². The van der Waals surface area contributed by atoms with Crippen molar-refractivity contribution in [2.75, 3.05) is 11.5 Å². The number of hydrogen-bond acceptors (Lipinski definition) is 6. The predicted molar refractivity (Wildman–Crippen MR) is 117 cm³/mol. The maximum absolute atomic E-state index is 13.2. The van der Waals surface area contributed by atoms with E-state index in [9.17, 15) is 26.8 Å². The highest BCUT2D eigenvalue weighted by molar-refractivity contribution is 7.93. The van der Waals surface area contributed by atoms with Crippen molar-refractivity contribution in [3.8, 4) is 11.4 Å². The predicted octanol–water partition coefficient (Wildman–Crippen LogP) is 2.29. The molecule has 1 aliphatic rings. The number of ether oxygens (including phenoxy) is 1. The number of nitrogens with zero attached hydrogens (tertiary/aromatic N) is 3. The zero-order valence-corrected chi connectivity index (χ0v) is 18.9. The Morgan fingerprint density at radius 3 is 2.48 bits per heavy atom. The number of aromatic nitrogens is 3. The van der Waals surface area contributed by atoms with E-state index in [1.54, 1.807) is 32.9 Å². The van der Waals surface area contributed by atoms with Gasteiger partial charge >= 0.3 is 12.3 Å². The van der Waals surface area contributed by atoms with Gasteiger partial charge in [-0.2, -0.15) is 8.78 Å². The highest BCUT2D eigenvalue weighted by atomic mass is 32.2. The van der Waals surface area contributed by atoms with Crippen LogP contribution in [-0.4, -0.2) is 52.1 Å². The number of imidazole rings is 1. The average molecular weight is 480 g/mol. The molecule has 33 heavy (non-hydrogen) atoms. The van der Waals surface area contributed by atoms with E-state index in [1.165, 1.54) is 27.5 Å². The first-order chi connectivity index (χ1) is 15.4. The summed E-state index contributed by atoms with van der Waals surface area (Å²) < 4.78 is 55.5. The van der Waals surface area contributed by atoms with Crippen LogP contribution in [0.4, 0.5) is 8.78 Å². The number of pyridine rings is 1. The molecule has 0 saturated carbocycles. The summed E-state index contributed by atoms with van der Waals surface area (Å²) in [4.78, 5) is 29.9. The molecule has 0 radical (unpaired) electrons. The van der Waals surface area contributed by atoms with Gasteiger partial charge in [0.1, 0.15) is 5.75 Å². The van der Waals surface area contributed by atoms with Crippen molar-refractivity contribution >= 4 is 26.8 Å². The highest BCUT2D eigenvalue weighted by Crippen LogP contribution is 2.26. The second-order valence-corrected chi connectivity index (χ2v) is 10.7. The fourth-order valence-corrected chi connectivity index (χ4v) is 6.15. The van der Waals surface area contributed by atoms with Crippen molar-refractivity contribution in [3.63, 3.8) is 0 Å². The van der Waals surface area contributed by atoms with Crippen LogP contribution in [0.5, 0.6) is 5.75 Å². The summed E-state index contributed by atoms with van der Waals surface area (Å²) >= 11 is 0. The maximum atomic E-state index is 13.2. The molecule has 3 heterocycles. The normalized spacial score (nSPS) is 16.7. The van der Waals surface area contributed by atoms with Gasteiger partial charge in [0.05, 0.1) is 46.2 Å². The van der Waals surface area contributed by atoms with Crippen LogP contribution in [-0.2, 0) is 9.84 Å². The van der Waals surface area contributed by atoms with Gasteiger partial charge in [0, 0.05) is 17.7 Å². The summed E-state index contributed by atoms with van der Waals surface area (Å²) in [7, 11) is -3.14. The van der Waals surface area contributed by atoms with Crippen molar-refractivity contribution in [2.24, 2.45) is 0 Å². The third-order valence-electron chi connectivity index (χ3n) is 5.33. The number of halogens is 2. The molecule has 0 atom stereocenters. The molecule has 176 valence electrons. The second-order valence-electron chi connectivity index (χ2n) is 8.59. The van der Waals surface area contributed by atoms with Gasteiger partial charge in [0.2, 0.25) is 0 Å². The van der Waals surface area contributed by atoms with Gasteiger partial charge in [-0.3, -0.25) is 18.9 Å². The van der Waals surface area contributed by atoms with Crippen LogP contribution in [0.2, 0.25) is 0 Å². The average Bonchev–Trinajstić information content (AvgIpc) is 2.96. The molecule has 1 saturated heterocycles. The van der Waals surface area contributed by atoms with Gasteiger partial charge in [-0.1, -0.05) is 0 Å². The van der Waals surface area contributed by atoms with E-state index in [0.29, 0.717) is 11.0 Å². The zero-order chi connectivity index (χ0) is 24.1. The summed E-state index contributed by atoms with van der Waals surface area (Å²) in [6.07, 6.45) is 2.47. The Labute approximate surface area is 187 Å². The quantitative estimate of drug-likeness (QED) is 0.579. The number of carbonyl (C=O) groups excluding carboxylic acids is 1. The third kappa shape index (κ3) is 4.34. The van der Waals surface area contributed by atoms with Crippen LogP contribution < -0.4 is 15.7 Å². The van der Waals surface area contributed by atoms with Crippen molar-refractivity contribution in [1.82, 2.24) is 19.4 Å². The van der Waals surface area contributed by atoms with Crippen molar-refractivity contribution in [2.45, 2.75) is 39.0 Å². The van der Waals surface area contributed by atoms with E-state index in [1.807, 2.05) is 0 Å². The van der Waals surface area contributed by atoms with Gasteiger partial charge in [-0.25, -0.2) is 13.2 Å². The van der Waals surface area contributed by atoms with Crippen LogP contribution in [0.3, 0.4) is 0 Å². The van der Waals surface area contributed by atoms with E-state index >= 15 is 0 Å². The molecular formula is C21H22F2N4O5S. The first-order valence-electron chi connectivity index (χ1n) is 10.1. The largest absolute Gasteiger partial charge is 0.433 e. The molecule has 9 nitrogen and oxygen atoms in total. The Balaban J connectivity index is 1.78. The summed E-state index contributed by atoms with van der Waals surface area (Å²) in [6.45, 7) is 2.22. The molecule has 0 bridgehead atoms. The SMILES string of the molecule is CC(C)n1c(=O)n(-c2cncc(OC(F)F)c2)c2ccc(C(=O)NC3(C)CS(=O)(=O)C3)cc21. The first kappa shape index (κ1) is 22.9. The smallest absolute Gasteiger partial charge is 0.387 e. The van der Waals surface area contributed by atoms with Crippen LogP contribution in [0.25, 0.3) is 16.7 Å². The fraction of sp³-hybridized carbons (Fsp3) is 0.381. The fourth-order valence-electron chi connectivity index (χ4n) is 4.15. The summed E-state index contributed by atoms with van der Waals surface area (Å²) in [6, 6.07) is 5.64. The maximum Gasteiger partial charge on any atom is 0.387 e. The lowest BCUT2D eigenvalue weighted by molar-refractivity contribution is -0.0500. The molecule has 1 aromatic carbocycles. The lowest BCUT2D eigenvalue weighted by Gasteiger charge is -2.38. The molecule has 0 aliphatic carbocycles. The molecule has 1 amide bonds. The number of carbonyl (C=O) groups is 1. The second kappa shape index (κ2) is 7.94. The minimum atomic E-state index is -3.14. The van der Waals surface area contributed by atoms with E-state index in [4.69, 9.17) is 0 Å². The molecule has 3 aromatic rings. The molecule has 1 aliphatic heterocycles. The van der Waals surface area contributed by atoms with Crippen molar-refractivity contribution in [1.29, 1.82) is 0 Å². The molecule has 1 N–H and O–H groups in total. The summed E-state index contributed by atoms with van der Waals surface area (Å²) in [5.74, 6) is -0.922. The molecular weight excluding hydrogens is 458 g/mol. The zero-order valence-electron chi connectivity index (χ0n) is 18.1. The minimum Gasteiger partial charge on any atom is -0.433 e. The number of sulfone groups is 1. The number of amides is 1. The third-order valence-corrected chi connectivity index (χ3v) is 7.48. The Hall–Kier alpha value is -3.28. The standard InChI is InChI=1S/C21H22F2N4O5S/c1-12(2)26-17-6-13(18(28)25-21(3)10-33(30,31)11-21)4-5-16(17)27(20(26)29)14-7-15(9-24-8-14)32-19(22)23/h4-9,12,19H,10-11H2,1-3H3,(H,25,28). The Morgan fingerprint density at radius 2 is 1.88 bits per heavy atom. The number of benzene rings is 1. The summed E-state index contributed by atoms with van der Waals surface area (Å²) in [5, 5.41) is 2.75. The number of hydrogen-bond donors (Lipinski definition) is 1. The number of alkyl halides is 2. The van der Waals surface area contributed by atoms with E-state index in [2.05, 4.69) is 15.0 Å². The Bertz CT molecular complexity index is 1400. The van der Waals surface area contributed by atoms with Crippen molar-refractivity contribution < 1.29 is 26.7 Å².